The number of halogens is 3. The van der Waals surface area contributed by atoms with E-state index in [0.717, 1.165) is 0 Å². The zero-order chi connectivity index (χ0) is 33.1. The molecule has 248 valence electrons. The summed E-state index contributed by atoms with van der Waals surface area (Å²) in [6.07, 6.45) is -2.37. The average molecular weight is 666 g/mol. The molecule has 0 saturated carbocycles. The number of anilines is 1. The van der Waals surface area contributed by atoms with Crippen molar-refractivity contribution in [3.8, 4) is 17.1 Å². The largest absolute Gasteiger partial charge is 0.493 e. The van der Waals surface area contributed by atoms with Gasteiger partial charge in [-0.2, -0.15) is 22.5 Å². The van der Waals surface area contributed by atoms with E-state index >= 15 is 0 Å². The van der Waals surface area contributed by atoms with Crippen LogP contribution in [0, 0.1) is 0 Å². The van der Waals surface area contributed by atoms with Crippen molar-refractivity contribution in [3.63, 3.8) is 0 Å². The van der Waals surface area contributed by atoms with Crippen molar-refractivity contribution in [3.05, 3.63) is 64.3 Å². The van der Waals surface area contributed by atoms with Gasteiger partial charge < -0.3 is 19.9 Å². The van der Waals surface area contributed by atoms with E-state index in [4.69, 9.17) is 9.57 Å². The topological polar surface area (TPSA) is 150 Å². The van der Waals surface area contributed by atoms with Crippen molar-refractivity contribution in [1.82, 2.24) is 29.6 Å². The van der Waals surface area contributed by atoms with Crippen LogP contribution in [0.2, 0.25) is 0 Å². The Kier molecular flexibility index (Phi) is 9.95. The Hall–Kier alpha value is -4.06. The molecule has 0 spiro atoms. The second kappa shape index (κ2) is 13.7. The summed E-state index contributed by atoms with van der Waals surface area (Å²) in [6, 6.07) is 8.46. The number of hydrazine groups is 1. The first kappa shape index (κ1) is 33.3. The molecule has 1 aromatic carbocycles. The molecule has 0 amide bonds. The molecule has 0 bridgehead atoms. The van der Waals surface area contributed by atoms with Gasteiger partial charge in [0.15, 0.2) is 5.69 Å². The smallest absolute Gasteiger partial charge is 0.493 e. The number of carbonyl (C=O) groups excluding carboxylic acids is 1. The Morgan fingerprint density at radius 1 is 1.11 bits per heavy atom. The molecule has 3 aromatic rings. The maximum atomic E-state index is 13.7. The number of sulfonamides is 1. The summed E-state index contributed by atoms with van der Waals surface area (Å²) in [5.74, 6) is -2.33. The number of fused-ring (bicyclic) bond motifs is 1. The maximum Gasteiger partial charge on any atom is 0.493 e. The second-order valence-electron chi connectivity index (χ2n) is 10.7. The van der Waals surface area contributed by atoms with E-state index in [2.05, 4.69) is 20.3 Å². The molecule has 46 heavy (non-hydrogen) atoms. The highest BCUT2D eigenvalue weighted by molar-refractivity contribution is 7.89. The van der Waals surface area contributed by atoms with E-state index < -0.39 is 39.5 Å². The van der Waals surface area contributed by atoms with Crippen LogP contribution < -0.4 is 20.8 Å². The summed E-state index contributed by atoms with van der Waals surface area (Å²) >= 11 is 0. The Labute approximate surface area is 263 Å². The van der Waals surface area contributed by atoms with Crippen LogP contribution in [0.4, 0.5) is 18.9 Å². The minimum Gasteiger partial charge on any atom is -0.493 e. The zero-order valence-corrected chi connectivity index (χ0v) is 26.0. The number of alkyl halides is 3. The second-order valence-corrected chi connectivity index (χ2v) is 12.6. The lowest BCUT2D eigenvalue weighted by molar-refractivity contribution is -0.207. The summed E-state index contributed by atoms with van der Waals surface area (Å²) in [7, 11) is -3.92. The number of hydrogen-bond donors (Lipinski definition) is 2. The van der Waals surface area contributed by atoms with Crippen molar-refractivity contribution in [2.45, 2.75) is 56.8 Å². The number of H-pyrrole nitrogens is 1. The summed E-state index contributed by atoms with van der Waals surface area (Å²) in [4.78, 5) is 42.0. The SMILES string of the molecule is CCCOc1ccc(S(=O)(=O)N2CCNCC2)cc1-c1nc2c(c(=O)[nH]1)N(OC(=O)C(F)(F)F)N(Cc1ccccn1)C2CCC. The van der Waals surface area contributed by atoms with Gasteiger partial charge in [0.1, 0.15) is 11.6 Å². The molecule has 0 aliphatic carbocycles. The third kappa shape index (κ3) is 6.86. The number of aromatic nitrogens is 3. The quantitative estimate of drug-likeness (QED) is 0.311. The molecule has 2 aliphatic heterocycles. The summed E-state index contributed by atoms with van der Waals surface area (Å²) in [5, 5.41) is 4.95. The zero-order valence-electron chi connectivity index (χ0n) is 25.2. The van der Waals surface area contributed by atoms with Crippen LogP contribution in [0.15, 0.2) is 52.3 Å². The van der Waals surface area contributed by atoms with Crippen LogP contribution in [-0.4, -0.2) is 77.6 Å². The van der Waals surface area contributed by atoms with Crippen molar-refractivity contribution in [2.24, 2.45) is 0 Å². The van der Waals surface area contributed by atoms with E-state index in [9.17, 15) is 31.2 Å². The first-order chi connectivity index (χ1) is 22.0. The molecule has 1 unspecified atom stereocenters. The lowest BCUT2D eigenvalue weighted by Gasteiger charge is -2.31. The molecule has 13 nitrogen and oxygen atoms in total. The van der Waals surface area contributed by atoms with Crippen molar-refractivity contribution in [1.29, 1.82) is 0 Å². The Morgan fingerprint density at radius 3 is 2.52 bits per heavy atom. The molecule has 4 heterocycles. The van der Waals surface area contributed by atoms with Gasteiger partial charge in [-0.25, -0.2) is 18.2 Å². The highest BCUT2D eigenvalue weighted by Crippen LogP contribution is 2.42. The monoisotopic (exact) mass is 665 g/mol. The van der Waals surface area contributed by atoms with Crippen LogP contribution >= 0.6 is 0 Å². The van der Waals surface area contributed by atoms with Gasteiger partial charge in [-0.05, 0) is 43.2 Å². The van der Waals surface area contributed by atoms with Crippen LogP contribution in [0.25, 0.3) is 11.4 Å². The summed E-state index contributed by atoms with van der Waals surface area (Å²) in [6.45, 7) is 5.43. The van der Waals surface area contributed by atoms with Gasteiger partial charge in [0, 0.05) is 32.4 Å². The summed E-state index contributed by atoms with van der Waals surface area (Å²) < 4.78 is 74.4. The average Bonchev–Trinajstić information content (AvgIpc) is 3.32. The number of hydrogen-bond acceptors (Lipinski definition) is 11. The normalized spacial score (nSPS) is 17.6. The number of piperazine rings is 1. The van der Waals surface area contributed by atoms with Crippen LogP contribution in [0.1, 0.15) is 50.5 Å². The maximum absolute atomic E-state index is 13.7. The van der Waals surface area contributed by atoms with E-state index in [0.29, 0.717) is 43.2 Å². The third-order valence-corrected chi connectivity index (χ3v) is 9.31. The fourth-order valence-corrected chi connectivity index (χ4v) is 6.74. The number of ether oxygens (including phenoxy) is 1. The number of aromatic amines is 1. The molecule has 2 N–H and O–H groups in total. The van der Waals surface area contributed by atoms with Gasteiger partial charge in [-0.3, -0.25) is 9.78 Å². The van der Waals surface area contributed by atoms with Gasteiger partial charge in [0.05, 0.1) is 41.0 Å². The van der Waals surface area contributed by atoms with Crippen LogP contribution in [0.5, 0.6) is 5.75 Å². The molecule has 0 radical (unpaired) electrons. The predicted octanol–water partition coefficient (Wildman–Crippen LogP) is 3.31. The molecule has 1 fully saturated rings. The number of nitrogens with zero attached hydrogens (tertiary/aromatic N) is 5. The summed E-state index contributed by atoms with van der Waals surface area (Å²) in [5.41, 5.74) is -0.667. The molecular formula is C29H34F3N7O6S. The Morgan fingerprint density at radius 2 is 1.87 bits per heavy atom. The van der Waals surface area contributed by atoms with E-state index in [1.807, 2.05) is 13.8 Å². The predicted molar refractivity (Wildman–Crippen MR) is 160 cm³/mol. The van der Waals surface area contributed by atoms with Gasteiger partial charge in [0.25, 0.3) is 5.56 Å². The first-order valence-corrected chi connectivity index (χ1v) is 16.3. The number of rotatable bonds is 11. The number of benzene rings is 1. The molecule has 2 aromatic heterocycles. The third-order valence-electron chi connectivity index (χ3n) is 7.42. The van der Waals surface area contributed by atoms with E-state index in [1.165, 1.54) is 33.7 Å². The van der Waals surface area contributed by atoms with Crippen LogP contribution in [0.3, 0.4) is 0 Å². The highest BCUT2D eigenvalue weighted by Gasteiger charge is 2.48. The van der Waals surface area contributed by atoms with Gasteiger partial charge in [0.2, 0.25) is 10.0 Å². The van der Waals surface area contributed by atoms with E-state index in [-0.39, 0.29) is 54.0 Å². The fraction of sp³-hybridized carbons (Fsp3) is 0.448. The molecule has 17 heteroatoms. The molecular weight excluding hydrogens is 631 g/mol. The van der Waals surface area contributed by atoms with Crippen molar-refractivity contribution in [2.75, 3.05) is 38.0 Å². The lowest BCUT2D eigenvalue weighted by Crippen LogP contribution is -2.46. The van der Waals surface area contributed by atoms with Crippen LogP contribution in [-0.2, 0) is 26.2 Å². The standard InChI is InChI=1S/C29H34F3N7O6S/c1-3-7-22-24-25(39(45-28(41)29(30,31)32)38(22)18-19-8-5-6-11-34-19)27(40)36-26(35-24)21-17-20(9-10-23(21)44-16-4-2)46(42,43)37-14-12-33-13-15-37/h5-6,8-11,17,22,33H,3-4,7,12-16,18H2,1-2H3,(H,35,36,40). The van der Waals surface area contributed by atoms with Crippen molar-refractivity contribution >= 4 is 21.7 Å². The Bertz CT molecular complexity index is 1720. The minimum absolute atomic E-state index is 0.0426. The van der Waals surface area contributed by atoms with Crippen molar-refractivity contribution < 1.29 is 36.0 Å². The van der Waals surface area contributed by atoms with Gasteiger partial charge >= 0.3 is 12.1 Å². The minimum atomic E-state index is -5.35. The molecule has 1 saturated heterocycles. The van der Waals surface area contributed by atoms with Gasteiger partial charge in [-0.15, -0.1) is 5.17 Å². The molecule has 5 rings (SSSR count). The fourth-order valence-electron chi connectivity index (χ4n) is 5.27. The molecule has 1 atom stereocenters. The lowest BCUT2D eigenvalue weighted by atomic mass is 10.1. The number of nitrogens with one attached hydrogen (secondary N) is 2. The number of carbonyl (C=O) groups is 1. The molecule has 2 aliphatic rings. The number of pyridine rings is 1. The van der Waals surface area contributed by atoms with Gasteiger partial charge in [-0.1, -0.05) is 26.3 Å². The Balaban J connectivity index is 1.65. The van der Waals surface area contributed by atoms with E-state index in [1.54, 1.807) is 18.2 Å². The first-order valence-electron chi connectivity index (χ1n) is 14.8. The highest BCUT2D eigenvalue weighted by atomic mass is 32.2.